The second-order valence-electron chi connectivity index (χ2n) is 5.23. The Hall–Kier alpha value is -2.24. The van der Waals surface area contributed by atoms with Crippen molar-refractivity contribution in [3.8, 4) is 5.75 Å². The minimum atomic E-state index is -0.290. The largest absolute Gasteiger partial charge is 0.495 e. The molecule has 0 aliphatic heterocycles. The quantitative estimate of drug-likeness (QED) is 0.829. The average molecular weight is 381 g/mol. The molecule has 0 spiro atoms. The predicted octanol–water partition coefficient (Wildman–Crippen LogP) is 3.78. The molecule has 2 amide bonds. The molecule has 0 aromatic heterocycles. The number of amides is 2. The highest BCUT2D eigenvalue weighted by Gasteiger charge is 2.15. The van der Waals surface area contributed by atoms with E-state index in [4.69, 9.17) is 27.9 Å². The van der Waals surface area contributed by atoms with Crippen LogP contribution in [0.25, 0.3) is 0 Å². The lowest BCUT2D eigenvalue weighted by molar-refractivity contribution is -0.116. The van der Waals surface area contributed by atoms with Crippen molar-refractivity contribution in [2.24, 2.45) is 0 Å². The molecule has 0 saturated carbocycles. The number of anilines is 1. The van der Waals surface area contributed by atoms with Gasteiger partial charge in [0.25, 0.3) is 5.91 Å². The van der Waals surface area contributed by atoms with Gasteiger partial charge in [-0.1, -0.05) is 35.3 Å². The number of hydrogen-bond acceptors (Lipinski definition) is 3. The molecule has 25 heavy (non-hydrogen) atoms. The number of nitrogens with one attached hydrogen (secondary N) is 1. The molecule has 132 valence electrons. The van der Waals surface area contributed by atoms with Gasteiger partial charge < -0.3 is 15.0 Å². The van der Waals surface area contributed by atoms with Gasteiger partial charge in [0.2, 0.25) is 5.91 Å². The summed E-state index contributed by atoms with van der Waals surface area (Å²) in [5.41, 5.74) is 1.02. The van der Waals surface area contributed by atoms with Crippen LogP contribution >= 0.6 is 23.2 Å². The zero-order valence-corrected chi connectivity index (χ0v) is 15.4. The van der Waals surface area contributed by atoms with Gasteiger partial charge in [0.1, 0.15) is 5.75 Å². The summed E-state index contributed by atoms with van der Waals surface area (Å²) in [5.74, 6) is 0.0797. The third-order valence-electron chi connectivity index (χ3n) is 3.57. The standard InChI is InChI=1S/C18H18Cl2N2O3/c1-12(23)22(13-7-8-17(25-2)16(20)11-13)10-9-21-18(24)14-5-3-4-6-15(14)19/h3-8,11H,9-10H2,1-2H3,(H,21,24). The van der Waals surface area contributed by atoms with Crippen molar-refractivity contribution < 1.29 is 14.3 Å². The summed E-state index contributed by atoms with van der Waals surface area (Å²) in [5, 5.41) is 3.55. The topological polar surface area (TPSA) is 58.6 Å². The molecule has 0 radical (unpaired) electrons. The molecule has 2 rings (SSSR count). The van der Waals surface area contributed by atoms with Gasteiger partial charge in [0.15, 0.2) is 0 Å². The van der Waals surface area contributed by atoms with E-state index in [1.165, 1.54) is 18.9 Å². The molecule has 0 fully saturated rings. The number of methoxy groups -OCH3 is 1. The first-order valence-corrected chi connectivity index (χ1v) is 8.34. The van der Waals surface area contributed by atoms with Crippen LogP contribution in [0.1, 0.15) is 17.3 Å². The number of nitrogens with zero attached hydrogens (tertiary/aromatic N) is 1. The summed E-state index contributed by atoms with van der Waals surface area (Å²) < 4.78 is 5.11. The molecule has 0 heterocycles. The lowest BCUT2D eigenvalue weighted by Crippen LogP contribution is -2.37. The van der Waals surface area contributed by atoms with Crippen molar-refractivity contribution in [3.05, 3.63) is 58.1 Å². The Bertz CT molecular complexity index is 781. The second-order valence-corrected chi connectivity index (χ2v) is 6.04. The Morgan fingerprint density at radius 1 is 1.12 bits per heavy atom. The zero-order valence-electron chi connectivity index (χ0n) is 13.9. The van der Waals surface area contributed by atoms with Gasteiger partial charge in [-0.3, -0.25) is 9.59 Å². The molecule has 1 N–H and O–H groups in total. The summed E-state index contributed by atoms with van der Waals surface area (Å²) in [7, 11) is 1.52. The predicted molar refractivity (Wildman–Crippen MR) is 99.8 cm³/mol. The van der Waals surface area contributed by atoms with Crippen molar-refractivity contribution in [2.45, 2.75) is 6.92 Å². The summed E-state index contributed by atoms with van der Waals surface area (Å²) in [6.45, 7) is 2.02. The Kier molecular flexibility index (Phi) is 6.67. The van der Waals surface area contributed by atoms with Crippen LogP contribution in [-0.2, 0) is 4.79 Å². The van der Waals surface area contributed by atoms with E-state index in [9.17, 15) is 9.59 Å². The van der Waals surface area contributed by atoms with E-state index in [1.807, 2.05) is 0 Å². The third-order valence-corrected chi connectivity index (χ3v) is 4.19. The van der Waals surface area contributed by atoms with Gasteiger partial charge in [0.05, 0.1) is 22.7 Å². The Morgan fingerprint density at radius 3 is 2.44 bits per heavy atom. The maximum atomic E-state index is 12.2. The Morgan fingerprint density at radius 2 is 1.84 bits per heavy atom. The smallest absolute Gasteiger partial charge is 0.252 e. The van der Waals surface area contributed by atoms with Crippen LogP contribution in [0.3, 0.4) is 0 Å². The second kappa shape index (κ2) is 8.74. The first-order valence-electron chi connectivity index (χ1n) is 7.58. The van der Waals surface area contributed by atoms with Crippen LogP contribution in [-0.4, -0.2) is 32.0 Å². The molecule has 0 atom stereocenters. The molecule has 0 unspecified atom stereocenters. The molecular formula is C18H18Cl2N2O3. The highest BCUT2D eigenvalue weighted by atomic mass is 35.5. The van der Waals surface area contributed by atoms with E-state index >= 15 is 0 Å². The fourth-order valence-electron chi connectivity index (χ4n) is 2.31. The lowest BCUT2D eigenvalue weighted by atomic mass is 10.2. The van der Waals surface area contributed by atoms with Crippen LogP contribution in [0.4, 0.5) is 5.69 Å². The van der Waals surface area contributed by atoms with E-state index in [1.54, 1.807) is 42.5 Å². The van der Waals surface area contributed by atoms with E-state index in [0.29, 0.717) is 33.6 Å². The van der Waals surface area contributed by atoms with E-state index in [2.05, 4.69) is 5.32 Å². The Balaban J connectivity index is 2.03. The van der Waals surface area contributed by atoms with Crippen LogP contribution in [0.15, 0.2) is 42.5 Å². The summed E-state index contributed by atoms with van der Waals surface area (Å²) >= 11 is 12.1. The number of hydrogen-bond donors (Lipinski definition) is 1. The first kappa shape index (κ1) is 19.1. The average Bonchev–Trinajstić information content (AvgIpc) is 2.58. The fourth-order valence-corrected chi connectivity index (χ4v) is 2.79. The molecule has 0 aliphatic carbocycles. The fraction of sp³-hybridized carbons (Fsp3) is 0.222. The molecule has 5 nitrogen and oxygen atoms in total. The summed E-state index contributed by atoms with van der Waals surface area (Å²) in [4.78, 5) is 25.6. The van der Waals surface area contributed by atoms with Gasteiger partial charge in [-0.2, -0.15) is 0 Å². The van der Waals surface area contributed by atoms with Crippen LogP contribution < -0.4 is 15.0 Å². The molecular weight excluding hydrogens is 363 g/mol. The van der Waals surface area contributed by atoms with Crippen LogP contribution in [0.5, 0.6) is 5.75 Å². The van der Waals surface area contributed by atoms with E-state index < -0.39 is 0 Å². The van der Waals surface area contributed by atoms with Crippen LogP contribution in [0, 0.1) is 0 Å². The molecule has 0 saturated heterocycles. The van der Waals surface area contributed by atoms with Gasteiger partial charge in [-0.05, 0) is 30.3 Å². The highest BCUT2D eigenvalue weighted by Crippen LogP contribution is 2.29. The summed E-state index contributed by atoms with van der Waals surface area (Å²) in [6.07, 6.45) is 0. The lowest BCUT2D eigenvalue weighted by Gasteiger charge is -2.22. The minimum Gasteiger partial charge on any atom is -0.495 e. The number of ether oxygens (including phenoxy) is 1. The molecule has 0 bridgehead atoms. The number of halogens is 2. The van der Waals surface area contributed by atoms with Crippen LogP contribution in [0.2, 0.25) is 10.0 Å². The summed E-state index contributed by atoms with van der Waals surface area (Å²) in [6, 6.07) is 11.9. The van der Waals surface area contributed by atoms with Crippen molar-refractivity contribution in [2.75, 3.05) is 25.1 Å². The van der Waals surface area contributed by atoms with Gasteiger partial charge >= 0.3 is 0 Å². The normalized spacial score (nSPS) is 10.2. The number of benzene rings is 2. The Labute approximate surface area is 156 Å². The monoisotopic (exact) mass is 380 g/mol. The minimum absolute atomic E-state index is 0.159. The molecule has 2 aromatic carbocycles. The highest BCUT2D eigenvalue weighted by molar-refractivity contribution is 6.33. The number of rotatable bonds is 6. The van der Waals surface area contributed by atoms with Crippen molar-refractivity contribution in [1.29, 1.82) is 0 Å². The zero-order chi connectivity index (χ0) is 18.4. The molecule has 7 heteroatoms. The van der Waals surface area contributed by atoms with Gasteiger partial charge in [-0.15, -0.1) is 0 Å². The number of carbonyl (C=O) groups excluding carboxylic acids is 2. The molecule has 0 aliphatic rings. The van der Waals surface area contributed by atoms with E-state index in [-0.39, 0.29) is 18.4 Å². The van der Waals surface area contributed by atoms with Crippen molar-refractivity contribution in [1.82, 2.24) is 5.32 Å². The van der Waals surface area contributed by atoms with Gasteiger partial charge in [-0.25, -0.2) is 0 Å². The number of carbonyl (C=O) groups is 2. The third kappa shape index (κ3) is 4.87. The SMILES string of the molecule is COc1ccc(N(CCNC(=O)c2ccccc2Cl)C(C)=O)cc1Cl. The first-order chi connectivity index (χ1) is 11.9. The van der Waals surface area contributed by atoms with Crippen molar-refractivity contribution >= 4 is 40.7 Å². The maximum absolute atomic E-state index is 12.2. The van der Waals surface area contributed by atoms with Gasteiger partial charge in [0, 0.05) is 25.7 Å². The van der Waals surface area contributed by atoms with E-state index in [0.717, 1.165) is 0 Å². The molecule has 2 aromatic rings. The maximum Gasteiger partial charge on any atom is 0.252 e. The van der Waals surface area contributed by atoms with Crippen molar-refractivity contribution in [3.63, 3.8) is 0 Å².